The Morgan fingerprint density at radius 3 is 3.10 bits per heavy atom. The Hall–Kier alpha value is -1.33. The number of hydrogen-bond acceptors (Lipinski definition) is 4. The second kappa shape index (κ2) is 5.58. The van der Waals surface area contributed by atoms with Gasteiger partial charge in [-0.1, -0.05) is 0 Å². The predicted octanol–water partition coefficient (Wildman–Crippen LogP) is 3.56. The Morgan fingerprint density at radius 1 is 1.50 bits per heavy atom. The van der Waals surface area contributed by atoms with Gasteiger partial charge in [-0.05, 0) is 53.9 Å². The van der Waals surface area contributed by atoms with Crippen LogP contribution in [0.1, 0.15) is 19.8 Å². The van der Waals surface area contributed by atoms with Crippen molar-refractivity contribution in [3.63, 3.8) is 0 Å². The topological polar surface area (TPSA) is 60.2 Å². The molecule has 2 atom stereocenters. The first-order chi connectivity index (χ1) is 9.65. The third kappa shape index (κ3) is 2.60. The number of nitrogens with one attached hydrogen (secondary N) is 1. The van der Waals surface area contributed by atoms with E-state index in [0.717, 1.165) is 46.2 Å². The van der Waals surface area contributed by atoms with Gasteiger partial charge in [0.2, 0.25) is 0 Å². The van der Waals surface area contributed by atoms with E-state index in [0.29, 0.717) is 0 Å². The van der Waals surface area contributed by atoms with Gasteiger partial charge >= 0.3 is 0 Å². The molecule has 1 fully saturated rings. The van der Waals surface area contributed by atoms with Crippen molar-refractivity contribution in [1.29, 1.82) is 0 Å². The van der Waals surface area contributed by atoms with Crippen molar-refractivity contribution in [3.8, 4) is 0 Å². The molecular weight excluding hydrogens is 318 g/mol. The standard InChI is InChI=1S/C15H18BrN3O/c1-9(14-3-2-6-20-14)19-13-5-4-12(17)11-7-10(16)8-18-15(11)13/h4-5,7-9,14,19H,2-3,6,17H2,1H3. The molecule has 0 amide bonds. The molecule has 0 bridgehead atoms. The molecule has 2 aromatic rings. The highest BCUT2D eigenvalue weighted by Crippen LogP contribution is 2.30. The molecular formula is C15H18BrN3O. The molecule has 2 unspecified atom stereocenters. The number of benzene rings is 1. The number of pyridine rings is 1. The lowest BCUT2D eigenvalue weighted by atomic mass is 10.1. The van der Waals surface area contributed by atoms with E-state index in [1.807, 2.05) is 18.2 Å². The monoisotopic (exact) mass is 335 g/mol. The van der Waals surface area contributed by atoms with Crippen LogP contribution in [0, 0.1) is 0 Å². The van der Waals surface area contributed by atoms with Crippen molar-refractivity contribution in [2.24, 2.45) is 0 Å². The Morgan fingerprint density at radius 2 is 2.35 bits per heavy atom. The molecule has 0 saturated carbocycles. The predicted molar refractivity (Wildman–Crippen MR) is 85.9 cm³/mol. The fraction of sp³-hybridized carbons (Fsp3) is 0.400. The summed E-state index contributed by atoms with van der Waals surface area (Å²) < 4.78 is 6.66. The number of halogens is 1. The van der Waals surface area contributed by atoms with Crippen molar-refractivity contribution < 1.29 is 4.74 Å². The van der Waals surface area contributed by atoms with Crippen LogP contribution in [0.3, 0.4) is 0 Å². The Kier molecular flexibility index (Phi) is 3.81. The first-order valence-electron chi connectivity index (χ1n) is 6.87. The van der Waals surface area contributed by atoms with E-state index in [2.05, 4.69) is 33.2 Å². The molecule has 3 rings (SSSR count). The van der Waals surface area contributed by atoms with E-state index in [-0.39, 0.29) is 12.1 Å². The summed E-state index contributed by atoms with van der Waals surface area (Å²) in [5.74, 6) is 0. The summed E-state index contributed by atoms with van der Waals surface area (Å²) in [5.41, 5.74) is 8.68. The maximum atomic E-state index is 6.03. The number of aromatic nitrogens is 1. The molecule has 1 aromatic heterocycles. The van der Waals surface area contributed by atoms with E-state index >= 15 is 0 Å². The van der Waals surface area contributed by atoms with E-state index in [4.69, 9.17) is 10.5 Å². The SMILES string of the molecule is CC(Nc1ccc(N)c2cc(Br)cnc12)C1CCCO1. The molecule has 4 nitrogen and oxygen atoms in total. The number of rotatable bonds is 3. The summed E-state index contributed by atoms with van der Waals surface area (Å²) in [6.07, 6.45) is 4.33. The summed E-state index contributed by atoms with van der Waals surface area (Å²) in [4.78, 5) is 4.49. The zero-order chi connectivity index (χ0) is 14.1. The number of ether oxygens (including phenoxy) is 1. The maximum absolute atomic E-state index is 6.03. The number of hydrogen-bond donors (Lipinski definition) is 2. The van der Waals surface area contributed by atoms with Crippen LogP contribution in [0.15, 0.2) is 28.9 Å². The highest BCUT2D eigenvalue weighted by molar-refractivity contribution is 9.10. The summed E-state index contributed by atoms with van der Waals surface area (Å²) in [6.45, 7) is 3.02. The molecule has 2 heterocycles. The highest BCUT2D eigenvalue weighted by Gasteiger charge is 2.22. The van der Waals surface area contributed by atoms with E-state index < -0.39 is 0 Å². The number of nitrogen functional groups attached to an aromatic ring is 1. The van der Waals surface area contributed by atoms with Gasteiger partial charge < -0.3 is 15.8 Å². The second-order valence-corrected chi connectivity index (χ2v) is 6.15. The van der Waals surface area contributed by atoms with Crippen molar-refractivity contribution in [2.75, 3.05) is 17.7 Å². The number of nitrogens with zero attached hydrogens (tertiary/aromatic N) is 1. The van der Waals surface area contributed by atoms with Gasteiger partial charge in [-0.2, -0.15) is 0 Å². The van der Waals surface area contributed by atoms with Crippen LogP contribution in [0.4, 0.5) is 11.4 Å². The normalized spacial score (nSPS) is 20.2. The van der Waals surface area contributed by atoms with Crippen molar-refractivity contribution >= 4 is 38.2 Å². The zero-order valence-corrected chi connectivity index (χ0v) is 13.0. The first kappa shape index (κ1) is 13.6. The Balaban J connectivity index is 1.93. The minimum absolute atomic E-state index is 0.259. The molecule has 0 radical (unpaired) electrons. The molecule has 0 spiro atoms. The van der Waals surface area contributed by atoms with Gasteiger partial charge in [0.05, 0.1) is 17.3 Å². The largest absolute Gasteiger partial charge is 0.398 e. The number of anilines is 2. The third-order valence-electron chi connectivity index (χ3n) is 3.76. The second-order valence-electron chi connectivity index (χ2n) is 5.24. The summed E-state index contributed by atoms with van der Waals surface area (Å²) in [5, 5.41) is 4.48. The lowest BCUT2D eigenvalue weighted by molar-refractivity contribution is 0.0997. The lowest BCUT2D eigenvalue weighted by Crippen LogP contribution is -2.30. The van der Waals surface area contributed by atoms with Gasteiger partial charge in [-0.15, -0.1) is 0 Å². The van der Waals surface area contributed by atoms with Crippen LogP contribution in [0.5, 0.6) is 0 Å². The van der Waals surface area contributed by atoms with Crippen molar-refractivity contribution in [2.45, 2.75) is 31.9 Å². The molecule has 1 aliphatic rings. The van der Waals surface area contributed by atoms with Crippen LogP contribution in [-0.4, -0.2) is 23.7 Å². The minimum atomic E-state index is 0.259. The number of nitrogens with two attached hydrogens (primary N) is 1. The van der Waals surface area contributed by atoms with Gasteiger partial charge in [-0.25, -0.2) is 0 Å². The van der Waals surface area contributed by atoms with Gasteiger partial charge in [0.15, 0.2) is 0 Å². The summed E-state index contributed by atoms with van der Waals surface area (Å²) in [6, 6.07) is 6.17. The Bertz CT molecular complexity index is 626. The fourth-order valence-corrected chi connectivity index (χ4v) is 3.00. The molecule has 1 saturated heterocycles. The fourth-order valence-electron chi connectivity index (χ4n) is 2.67. The Labute approximate surface area is 126 Å². The summed E-state index contributed by atoms with van der Waals surface area (Å²) >= 11 is 3.44. The molecule has 5 heteroatoms. The van der Waals surface area contributed by atoms with Crippen LogP contribution in [-0.2, 0) is 4.74 Å². The average Bonchev–Trinajstić information content (AvgIpc) is 2.96. The molecule has 1 aromatic carbocycles. The average molecular weight is 336 g/mol. The van der Waals surface area contributed by atoms with Gasteiger partial charge in [0.25, 0.3) is 0 Å². The highest BCUT2D eigenvalue weighted by atomic mass is 79.9. The van der Waals surface area contributed by atoms with Gasteiger partial charge in [0.1, 0.15) is 0 Å². The quantitative estimate of drug-likeness (QED) is 0.842. The van der Waals surface area contributed by atoms with Crippen LogP contribution in [0.2, 0.25) is 0 Å². The van der Waals surface area contributed by atoms with E-state index in [1.54, 1.807) is 6.20 Å². The lowest BCUT2D eigenvalue weighted by Gasteiger charge is -2.22. The minimum Gasteiger partial charge on any atom is -0.398 e. The molecule has 20 heavy (non-hydrogen) atoms. The molecule has 106 valence electrons. The van der Waals surface area contributed by atoms with E-state index in [9.17, 15) is 0 Å². The van der Waals surface area contributed by atoms with Gasteiger partial charge in [-0.3, -0.25) is 4.98 Å². The first-order valence-corrected chi connectivity index (χ1v) is 7.66. The molecule has 0 aliphatic carbocycles. The zero-order valence-electron chi connectivity index (χ0n) is 11.4. The van der Waals surface area contributed by atoms with Gasteiger partial charge in [0, 0.05) is 34.4 Å². The van der Waals surface area contributed by atoms with E-state index in [1.165, 1.54) is 0 Å². The van der Waals surface area contributed by atoms with Crippen LogP contribution in [0.25, 0.3) is 10.9 Å². The maximum Gasteiger partial charge on any atom is 0.0954 e. The molecule has 3 N–H and O–H groups in total. The smallest absolute Gasteiger partial charge is 0.0954 e. The molecule has 1 aliphatic heterocycles. The van der Waals surface area contributed by atoms with Crippen LogP contribution < -0.4 is 11.1 Å². The summed E-state index contributed by atoms with van der Waals surface area (Å²) in [7, 11) is 0. The number of fused-ring (bicyclic) bond motifs is 1. The van der Waals surface area contributed by atoms with Crippen molar-refractivity contribution in [3.05, 3.63) is 28.9 Å². The third-order valence-corrected chi connectivity index (χ3v) is 4.19. The van der Waals surface area contributed by atoms with Crippen LogP contribution >= 0.6 is 15.9 Å². The van der Waals surface area contributed by atoms with Crippen molar-refractivity contribution in [1.82, 2.24) is 4.98 Å².